The van der Waals surface area contributed by atoms with Crippen molar-refractivity contribution in [2.45, 2.75) is 56.1 Å². The third-order valence-corrected chi connectivity index (χ3v) is 7.79. The fourth-order valence-electron chi connectivity index (χ4n) is 4.37. The van der Waals surface area contributed by atoms with Crippen LogP contribution in [0, 0.1) is 23.6 Å². The number of ether oxygens (including phenoxy) is 2. The average molecular weight is 440 g/mol. The van der Waals surface area contributed by atoms with Crippen molar-refractivity contribution in [2.24, 2.45) is 17.8 Å². The van der Waals surface area contributed by atoms with Crippen molar-refractivity contribution < 1.29 is 27.1 Å². The molecule has 30 heavy (non-hydrogen) atoms. The molecule has 0 spiro atoms. The summed E-state index contributed by atoms with van der Waals surface area (Å²) in [6.07, 6.45) is 5.90. The smallest absolute Gasteiger partial charge is 0.410 e. The highest BCUT2D eigenvalue weighted by atomic mass is 32.2. The highest BCUT2D eigenvalue weighted by Gasteiger charge is 2.46. The molecule has 0 radical (unpaired) electrons. The van der Waals surface area contributed by atoms with Gasteiger partial charge < -0.3 is 14.4 Å². The van der Waals surface area contributed by atoms with Gasteiger partial charge in [-0.15, -0.1) is 0 Å². The molecule has 0 N–H and O–H groups in total. The zero-order chi connectivity index (χ0) is 21.5. The lowest BCUT2D eigenvalue weighted by molar-refractivity contribution is 0.0463. The van der Waals surface area contributed by atoms with Gasteiger partial charge in [0.15, 0.2) is 9.84 Å². The van der Waals surface area contributed by atoms with Gasteiger partial charge in [0.2, 0.25) is 0 Å². The fraction of sp³-hybridized carbons (Fsp3) is 0.682. The second-order valence-electron chi connectivity index (χ2n) is 9.35. The fourth-order valence-corrected chi connectivity index (χ4v) is 5.09. The molecule has 3 fully saturated rings. The summed E-state index contributed by atoms with van der Waals surface area (Å²) in [6, 6.07) is 4.13. The Hall–Kier alpha value is -1.67. The summed E-state index contributed by atoms with van der Waals surface area (Å²) in [6.45, 7) is 4.40. The van der Waals surface area contributed by atoms with E-state index in [1.165, 1.54) is 12.1 Å². The second kappa shape index (κ2) is 8.11. The zero-order valence-corrected chi connectivity index (χ0v) is 18.4. The van der Waals surface area contributed by atoms with E-state index in [0.29, 0.717) is 29.9 Å². The molecule has 1 aromatic rings. The molecule has 0 bridgehead atoms. The van der Waals surface area contributed by atoms with E-state index in [1.807, 2.05) is 11.8 Å². The molecule has 1 saturated heterocycles. The Morgan fingerprint density at radius 2 is 1.97 bits per heavy atom. The third-order valence-electron chi connectivity index (χ3n) is 6.66. The summed E-state index contributed by atoms with van der Waals surface area (Å²) >= 11 is 0. The number of rotatable bonds is 7. The molecule has 2 saturated carbocycles. The van der Waals surface area contributed by atoms with Crippen molar-refractivity contribution in [3.63, 3.8) is 0 Å². The van der Waals surface area contributed by atoms with Crippen LogP contribution >= 0.6 is 0 Å². The summed E-state index contributed by atoms with van der Waals surface area (Å²) in [5.74, 6) is 1.03. The normalized spacial score (nSPS) is 25.8. The first-order chi connectivity index (χ1) is 14.1. The van der Waals surface area contributed by atoms with E-state index in [4.69, 9.17) is 9.47 Å². The number of sulfone groups is 1. The summed E-state index contributed by atoms with van der Waals surface area (Å²) in [5, 5.41) is 0. The second-order valence-corrected chi connectivity index (χ2v) is 11.3. The van der Waals surface area contributed by atoms with Crippen molar-refractivity contribution in [1.82, 2.24) is 4.90 Å². The maximum atomic E-state index is 14.0. The van der Waals surface area contributed by atoms with Crippen LogP contribution in [0.1, 0.15) is 44.6 Å². The van der Waals surface area contributed by atoms with E-state index in [1.54, 1.807) is 6.07 Å². The van der Waals surface area contributed by atoms with E-state index in [0.717, 1.165) is 51.4 Å². The highest BCUT2D eigenvalue weighted by Crippen LogP contribution is 2.48. The largest absolute Gasteiger partial charge is 0.443 e. The number of carbonyl (C=O) groups excluding carboxylic acids is 1. The first-order valence-electron chi connectivity index (χ1n) is 10.7. The number of hydrogen-bond donors (Lipinski definition) is 0. The molecule has 0 unspecified atom stereocenters. The van der Waals surface area contributed by atoms with Crippen LogP contribution in [-0.4, -0.2) is 51.0 Å². The molecule has 1 heterocycles. The molecule has 3 aliphatic rings. The third kappa shape index (κ3) is 5.14. The van der Waals surface area contributed by atoms with Crippen LogP contribution in [-0.2, 0) is 25.9 Å². The lowest BCUT2D eigenvalue weighted by Gasteiger charge is -2.32. The van der Waals surface area contributed by atoms with Crippen LogP contribution in [0.25, 0.3) is 0 Å². The van der Waals surface area contributed by atoms with Crippen molar-refractivity contribution in [3.05, 3.63) is 29.6 Å². The number of carbonyl (C=O) groups is 1. The summed E-state index contributed by atoms with van der Waals surface area (Å²) in [7, 11) is -3.56. The van der Waals surface area contributed by atoms with E-state index < -0.39 is 15.7 Å². The predicted octanol–water partition coefficient (Wildman–Crippen LogP) is 3.78. The SMILES string of the molecule is CC1(OC(=O)N2CCC([C@H]3C[C@@H]3COCc3ccc(S(C)(=O)=O)c(F)c3)CC2)CC1. The summed E-state index contributed by atoms with van der Waals surface area (Å²) in [4.78, 5) is 13.8. The van der Waals surface area contributed by atoms with E-state index in [9.17, 15) is 17.6 Å². The van der Waals surface area contributed by atoms with Gasteiger partial charge in [0.05, 0.1) is 13.2 Å². The molecule has 166 valence electrons. The molecule has 1 aromatic carbocycles. The van der Waals surface area contributed by atoms with Gasteiger partial charge in [0, 0.05) is 19.3 Å². The number of amides is 1. The molecule has 4 rings (SSSR count). The van der Waals surface area contributed by atoms with Crippen LogP contribution in [0.2, 0.25) is 0 Å². The average Bonchev–Trinajstić information content (AvgIpc) is 3.59. The van der Waals surface area contributed by atoms with Gasteiger partial charge in [-0.05, 0) is 74.5 Å². The Kier molecular flexibility index (Phi) is 5.83. The number of nitrogens with zero attached hydrogens (tertiary/aromatic N) is 1. The predicted molar refractivity (Wildman–Crippen MR) is 109 cm³/mol. The first kappa shape index (κ1) is 21.6. The van der Waals surface area contributed by atoms with Gasteiger partial charge in [-0.25, -0.2) is 17.6 Å². The number of likely N-dealkylation sites (tertiary alicyclic amines) is 1. The number of halogens is 1. The lowest BCUT2D eigenvalue weighted by Crippen LogP contribution is -2.40. The van der Waals surface area contributed by atoms with Crippen LogP contribution in [0.3, 0.4) is 0 Å². The maximum Gasteiger partial charge on any atom is 0.410 e. The van der Waals surface area contributed by atoms with E-state index >= 15 is 0 Å². The Labute approximate surface area is 177 Å². The van der Waals surface area contributed by atoms with Gasteiger partial charge in [-0.2, -0.15) is 0 Å². The Bertz CT molecular complexity index is 906. The van der Waals surface area contributed by atoms with Crippen molar-refractivity contribution in [2.75, 3.05) is 26.0 Å². The maximum absolute atomic E-state index is 14.0. The van der Waals surface area contributed by atoms with Gasteiger partial charge in [0.25, 0.3) is 0 Å². The lowest BCUT2D eigenvalue weighted by atomic mass is 9.91. The minimum absolute atomic E-state index is 0.168. The summed E-state index contributed by atoms with van der Waals surface area (Å²) < 4.78 is 48.3. The number of hydrogen-bond acceptors (Lipinski definition) is 5. The highest BCUT2D eigenvalue weighted by molar-refractivity contribution is 7.90. The quantitative estimate of drug-likeness (QED) is 0.646. The minimum Gasteiger partial charge on any atom is -0.443 e. The van der Waals surface area contributed by atoms with Gasteiger partial charge >= 0.3 is 6.09 Å². The molecule has 8 heteroatoms. The topological polar surface area (TPSA) is 72.9 Å². The number of benzene rings is 1. The molecule has 2 aliphatic carbocycles. The standard InChI is InChI=1S/C22H30FNO5S/c1-22(7-8-22)29-21(25)24-9-5-16(6-10-24)18-12-17(18)14-28-13-15-3-4-20(19(23)11-15)30(2,26)27/h3-4,11,16-18H,5-10,12-14H2,1-2H3/t17-,18-/m1/s1. The zero-order valence-electron chi connectivity index (χ0n) is 17.6. The molecule has 6 nitrogen and oxygen atoms in total. The van der Waals surface area contributed by atoms with Crippen molar-refractivity contribution in [1.29, 1.82) is 0 Å². The van der Waals surface area contributed by atoms with Crippen LogP contribution in [0.4, 0.5) is 9.18 Å². The Morgan fingerprint density at radius 3 is 2.57 bits per heavy atom. The van der Waals surface area contributed by atoms with Gasteiger partial charge in [0.1, 0.15) is 16.3 Å². The molecule has 0 aromatic heterocycles. The Balaban J connectivity index is 1.17. The van der Waals surface area contributed by atoms with Crippen LogP contribution in [0.5, 0.6) is 0 Å². The molecular weight excluding hydrogens is 409 g/mol. The minimum atomic E-state index is -3.56. The molecule has 1 amide bonds. The molecule has 1 aliphatic heterocycles. The van der Waals surface area contributed by atoms with Crippen LogP contribution < -0.4 is 0 Å². The first-order valence-corrected chi connectivity index (χ1v) is 12.6. The van der Waals surface area contributed by atoms with Crippen LogP contribution in [0.15, 0.2) is 23.1 Å². The van der Waals surface area contributed by atoms with Gasteiger partial charge in [-0.1, -0.05) is 6.07 Å². The van der Waals surface area contributed by atoms with Crippen molar-refractivity contribution in [3.8, 4) is 0 Å². The molecular formula is C22H30FNO5S. The van der Waals surface area contributed by atoms with E-state index in [2.05, 4.69) is 0 Å². The van der Waals surface area contributed by atoms with Crippen molar-refractivity contribution >= 4 is 15.9 Å². The summed E-state index contributed by atoms with van der Waals surface area (Å²) in [5.41, 5.74) is 0.411. The van der Waals surface area contributed by atoms with E-state index in [-0.39, 0.29) is 23.2 Å². The monoisotopic (exact) mass is 439 g/mol. The number of piperidine rings is 1. The Morgan fingerprint density at radius 1 is 1.27 bits per heavy atom. The van der Waals surface area contributed by atoms with Gasteiger partial charge in [-0.3, -0.25) is 0 Å². The molecule has 2 atom stereocenters.